The highest BCUT2D eigenvalue weighted by atomic mass is 79.9. The number of carbonyl (C=O) groups is 2. The molecule has 6 heteroatoms. The van der Waals surface area contributed by atoms with Crippen molar-refractivity contribution in [1.29, 1.82) is 0 Å². The van der Waals surface area contributed by atoms with E-state index < -0.39 is 11.7 Å². The maximum Gasteiger partial charge on any atom is 0.232 e. The number of benzene rings is 2. The number of aryl methyl sites for hydroxylation is 1. The maximum absolute atomic E-state index is 13.3. The van der Waals surface area contributed by atoms with Gasteiger partial charge in [-0.15, -0.1) is 0 Å². The van der Waals surface area contributed by atoms with Crippen LogP contribution in [0.25, 0.3) is 0 Å². The van der Waals surface area contributed by atoms with E-state index in [9.17, 15) is 14.0 Å². The molecule has 0 bridgehead atoms. The van der Waals surface area contributed by atoms with Crippen LogP contribution in [0, 0.1) is 12.7 Å². The summed E-state index contributed by atoms with van der Waals surface area (Å²) < 4.78 is 14.3. The molecule has 1 atom stereocenters. The number of amides is 2. The number of halogens is 2. The number of nitrogens with one attached hydrogen (secondary N) is 2. The Kier molecular flexibility index (Phi) is 4.17. The van der Waals surface area contributed by atoms with Gasteiger partial charge in [0.15, 0.2) is 0 Å². The second-order valence-corrected chi connectivity index (χ2v) is 6.34. The van der Waals surface area contributed by atoms with Gasteiger partial charge in [-0.2, -0.15) is 0 Å². The molecule has 0 aromatic heterocycles. The Morgan fingerprint density at radius 1 is 1.30 bits per heavy atom. The smallest absolute Gasteiger partial charge is 0.232 e. The molecule has 2 aromatic carbocycles. The van der Waals surface area contributed by atoms with Crippen LogP contribution in [0.15, 0.2) is 40.9 Å². The molecule has 1 aliphatic heterocycles. The summed E-state index contributed by atoms with van der Waals surface area (Å²) in [6.45, 7) is 1.92. The van der Waals surface area contributed by atoms with Gasteiger partial charge in [-0.25, -0.2) is 4.39 Å². The van der Waals surface area contributed by atoms with Crippen molar-refractivity contribution in [3.63, 3.8) is 0 Å². The second kappa shape index (κ2) is 6.12. The van der Waals surface area contributed by atoms with E-state index in [4.69, 9.17) is 0 Å². The summed E-state index contributed by atoms with van der Waals surface area (Å²) in [5.74, 6) is -1.67. The summed E-state index contributed by atoms with van der Waals surface area (Å²) in [7, 11) is 0. The highest BCUT2D eigenvalue weighted by molar-refractivity contribution is 9.10. The largest absolute Gasteiger partial charge is 0.326 e. The molecule has 0 saturated carbocycles. The van der Waals surface area contributed by atoms with Crippen molar-refractivity contribution in [2.24, 2.45) is 0 Å². The van der Waals surface area contributed by atoms with E-state index in [1.165, 1.54) is 12.1 Å². The van der Waals surface area contributed by atoms with E-state index in [1.54, 1.807) is 12.1 Å². The number of fused-ring (bicyclic) bond motifs is 1. The van der Waals surface area contributed by atoms with E-state index in [0.29, 0.717) is 16.9 Å². The normalized spacial score (nSPS) is 16.5. The van der Waals surface area contributed by atoms with E-state index in [-0.39, 0.29) is 18.2 Å². The topological polar surface area (TPSA) is 58.2 Å². The van der Waals surface area contributed by atoms with Gasteiger partial charge >= 0.3 is 0 Å². The van der Waals surface area contributed by atoms with Crippen LogP contribution in [-0.2, 0) is 9.59 Å². The average Bonchev–Trinajstić information content (AvgIpc) is 2.49. The molecule has 0 unspecified atom stereocenters. The van der Waals surface area contributed by atoms with Crippen molar-refractivity contribution in [1.82, 2.24) is 0 Å². The lowest BCUT2D eigenvalue weighted by Crippen LogP contribution is -2.30. The zero-order valence-corrected chi connectivity index (χ0v) is 13.9. The van der Waals surface area contributed by atoms with Crippen molar-refractivity contribution in [2.45, 2.75) is 19.3 Å². The van der Waals surface area contributed by atoms with Crippen LogP contribution in [0.3, 0.4) is 0 Å². The van der Waals surface area contributed by atoms with E-state index >= 15 is 0 Å². The molecule has 4 nitrogen and oxygen atoms in total. The lowest BCUT2D eigenvalue weighted by molar-refractivity contribution is -0.123. The minimum Gasteiger partial charge on any atom is -0.326 e. The summed E-state index contributed by atoms with van der Waals surface area (Å²) in [6, 6.07) is 9.54. The fourth-order valence-electron chi connectivity index (χ4n) is 2.62. The summed E-state index contributed by atoms with van der Waals surface area (Å²) >= 11 is 3.41. The third kappa shape index (κ3) is 3.27. The number of hydrogen-bond donors (Lipinski definition) is 2. The SMILES string of the molecule is Cc1cc(NC(=O)[C@H]2CC(=O)Nc3cc(F)ccc32)ccc1Br. The first-order valence-corrected chi connectivity index (χ1v) is 7.89. The quantitative estimate of drug-likeness (QED) is 0.833. The van der Waals surface area contributed by atoms with Crippen LogP contribution in [0.5, 0.6) is 0 Å². The fraction of sp³-hybridized carbons (Fsp3) is 0.176. The Hall–Kier alpha value is -2.21. The van der Waals surface area contributed by atoms with Gasteiger partial charge in [0.2, 0.25) is 11.8 Å². The molecule has 118 valence electrons. The van der Waals surface area contributed by atoms with Crippen molar-refractivity contribution in [3.8, 4) is 0 Å². The lowest BCUT2D eigenvalue weighted by Gasteiger charge is -2.25. The van der Waals surface area contributed by atoms with Gasteiger partial charge in [0.25, 0.3) is 0 Å². The highest BCUT2D eigenvalue weighted by Crippen LogP contribution is 2.33. The molecule has 0 radical (unpaired) electrons. The van der Waals surface area contributed by atoms with Gasteiger partial charge in [0.05, 0.1) is 5.92 Å². The summed E-state index contributed by atoms with van der Waals surface area (Å²) in [5.41, 5.74) is 2.63. The van der Waals surface area contributed by atoms with Gasteiger partial charge in [-0.3, -0.25) is 9.59 Å². The van der Waals surface area contributed by atoms with Crippen molar-refractivity contribution in [3.05, 3.63) is 57.8 Å². The Balaban J connectivity index is 1.87. The van der Waals surface area contributed by atoms with Gasteiger partial charge in [-0.05, 0) is 48.4 Å². The summed E-state index contributed by atoms with van der Waals surface area (Å²) in [5, 5.41) is 5.42. The van der Waals surface area contributed by atoms with Crippen LogP contribution < -0.4 is 10.6 Å². The molecule has 2 N–H and O–H groups in total. The molecule has 1 aliphatic rings. The molecule has 23 heavy (non-hydrogen) atoms. The molecule has 0 aliphatic carbocycles. The number of carbonyl (C=O) groups excluding carboxylic acids is 2. The Bertz CT molecular complexity index is 807. The lowest BCUT2D eigenvalue weighted by atomic mass is 9.89. The molecule has 2 amide bonds. The first-order chi connectivity index (χ1) is 10.9. The fourth-order valence-corrected chi connectivity index (χ4v) is 2.87. The van der Waals surface area contributed by atoms with E-state index in [0.717, 1.165) is 10.0 Å². The predicted molar refractivity (Wildman–Crippen MR) is 89.9 cm³/mol. The van der Waals surface area contributed by atoms with Crippen LogP contribution >= 0.6 is 15.9 Å². The van der Waals surface area contributed by atoms with Gasteiger partial charge in [0, 0.05) is 22.3 Å². The van der Waals surface area contributed by atoms with Crippen LogP contribution in [0.2, 0.25) is 0 Å². The Morgan fingerprint density at radius 2 is 2.09 bits per heavy atom. The number of rotatable bonds is 2. The second-order valence-electron chi connectivity index (χ2n) is 5.49. The monoisotopic (exact) mass is 376 g/mol. The third-order valence-corrected chi connectivity index (χ3v) is 4.69. The van der Waals surface area contributed by atoms with Crippen molar-refractivity contribution < 1.29 is 14.0 Å². The van der Waals surface area contributed by atoms with Crippen LogP contribution in [-0.4, -0.2) is 11.8 Å². The number of hydrogen-bond acceptors (Lipinski definition) is 2. The molecular formula is C17H14BrFN2O2. The Morgan fingerprint density at radius 3 is 2.83 bits per heavy atom. The molecule has 0 saturated heterocycles. The van der Waals surface area contributed by atoms with Gasteiger partial charge in [-0.1, -0.05) is 22.0 Å². The zero-order valence-electron chi connectivity index (χ0n) is 12.3. The predicted octanol–water partition coefficient (Wildman–Crippen LogP) is 3.96. The van der Waals surface area contributed by atoms with Crippen LogP contribution in [0.4, 0.5) is 15.8 Å². The summed E-state index contributed by atoms with van der Waals surface area (Å²) in [4.78, 5) is 24.3. The van der Waals surface area contributed by atoms with E-state index in [2.05, 4.69) is 26.6 Å². The minimum absolute atomic E-state index is 0.0416. The van der Waals surface area contributed by atoms with Crippen LogP contribution in [0.1, 0.15) is 23.5 Å². The molecule has 1 heterocycles. The molecule has 0 spiro atoms. The molecule has 2 aromatic rings. The van der Waals surface area contributed by atoms with E-state index in [1.807, 2.05) is 19.1 Å². The Labute approximate surface area is 141 Å². The van der Waals surface area contributed by atoms with Crippen molar-refractivity contribution in [2.75, 3.05) is 10.6 Å². The first kappa shape index (κ1) is 15.7. The number of anilines is 2. The highest BCUT2D eigenvalue weighted by Gasteiger charge is 2.31. The first-order valence-electron chi connectivity index (χ1n) is 7.10. The standard InChI is InChI=1S/C17H14BrFN2O2/c1-9-6-11(3-5-14(9)18)20-17(23)13-8-16(22)21-15-7-10(19)2-4-12(13)15/h2-7,13H,8H2,1H3,(H,20,23)(H,21,22)/t13-/m0/s1. The molecule has 0 fully saturated rings. The summed E-state index contributed by atoms with van der Waals surface area (Å²) in [6.07, 6.45) is 0.0416. The van der Waals surface area contributed by atoms with Gasteiger partial charge < -0.3 is 10.6 Å². The maximum atomic E-state index is 13.3. The third-order valence-electron chi connectivity index (χ3n) is 3.80. The minimum atomic E-state index is -0.636. The van der Waals surface area contributed by atoms with Crippen molar-refractivity contribution >= 4 is 39.1 Å². The molecular weight excluding hydrogens is 363 g/mol. The van der Waals surface area contributed by atoms with Gasteiger partial charge in [0.1, 0.15) is 5.82 Å². The average molecular weight is 377 g/mol. The zero-order chi connectivity index (χ0) is 16.6. The molecule has 3 rings (SSSR count).